The minimum atomic E-state index is -0.300. The summed E-state index contributed by atoms with van der Waals surface area (Å²) < 4.78 is 26.3. The maximum absolute atomic E-state index is 15.2. The van der Waals surface area contributed by atoms with E-state index < -0.39 is 0 Å². The predicted molar refractivity (Wildman–Crippen MR) is 138 cm³/mol. The number of methoxy groups -OCH3 is 2. The van der Waals surface area contributed by atoms with E-state index in [4.69, 9.17) is 14.6 Å². The van der Waals surface area contributed by atoms with Crippen LogP contribution in [0.15, 0.2) is 35.4 Å². The van der Waals surface area contributed by atoms with Gasteiger partial charge in [0, 0.05) is 43.3 Å². The zero-order valence-electron chi connectivity index (χ0n) is 21.5. The molecule has 0 spiro atoms. The van der Waals surface area contributed by atoms with E-state index in [-0.39, 0.29) is 17.9 Å². The first-order valence-electron chi connectivity index (χ1n) is 12.5. The van der Waals surface area contributed by atoms with Crippen molar-refractivity contribution in [1.82, 2.24) is 15.2 Å². The summed E-state index contributed by atoms with van der Waals surface area (Å²) >= 11 is 0. The molecule has 2 aromatic rings. The number of fused-ring (bicyclic) bond motifs is 3. The molecule has 8 nitrogen and oxygen atoms in total. The lowest BCUT2D eigenvalue weighted by atomic mass is 9.93. The molecule has 3 atom stereocenters. The highest BCUT2D eigenvalue weighted by Crippen LogP contribution is 2.38. The van der Waals surface area contributed by atoms with Crippen LogP contribution >= 0.6 is 0 Å². The fourth-order valence-electron chi connectivity index (χ4n) is 5.86. The summed E-state index contributed by atoms with van der Waals surface area (Å²) in [4.78, 5) is 17.4. The van der Waals surface area contributed by atoms with Crippen molar-refractivity contribution in [3.05, 3.63) is 52.8 Å². The molecule has 0 saturated carbocycles. The second-order valence-corrected chi connectivity index (χ2v) is 9.72. The summed E-state index contributed by atoms with van der Waals surface area (Å²) in [5.74, 6) is 0.945. The fourth-order valence-corrected chi connectivity index (χ4v) is 5.86. The van der Waals surface area contributed by atoms with Crippen molar-refractivity contribution in [2.75, 3.05) is 45.8 Å². The first kappa shape index (κ1) is 24.4. The number of hydrogen-bond acceptors (Lipinski definition) is 6. The number of hydrogen-bond donors (Lipinski definition) is 1. The van der Waals surface area contributed by atoms with Crippen molar-refractivity contribution in [1.29, 1.82) is 0 Å². The van der Waals surface area contributed by atoms with E-state index in [1.807, 2.05) is 25.1 Å². The van der Waals surface area contributed by atoms with E-state index >= 15 is 4.39 Å². The minimum Gasteiger partial charge on any atom is -0.493 e. The largest absolute Gasteiger partial charge is 0.493 e. The van der Waals surface area contributed by atoms with Crippen molar-refractivity contribution in [3.63, 3.8) is 0 Å². The number of piperazine rings is 1. The zero-order chi connectivity index (χ0) is 25.6. The number of urea groups is 1. The number of halogens is 1. The summed E-state index contributed by atoms with van der Waals surface area (Å²) in [5, 5.41) is 8.99. The van der Waals surface area contributed by atoms with Gasteiger partial charge in [0.15, 0.2) is 11.5 Å². The van der Waals surface area contributed by atoms with Crippen LogP contribution in [0.25, 0.3) is 0 Å². The van der Waals surface area contributed by atoms with Gasteiger partial charge in [-0.25, -0.2) is 14.2 Å². The van der Waals surface area contributed by atoms with Crippen molar-refractivity contribution >= 4 is 17.4 Å². The van der Waals surface area contributed by atoms with Crippen LogP contribution in [-0.2, 0) is 6.42 Å². The van der Waals surface area contributed by atoms with Gasteiger partial charge in [-0.1, -0.05) is 6.92 Å². The lowest BCUT2D eigenvalue weighted by Crippen LogP contribution is -2.46. The molecule has 3 aliphatic rings. The molecule has 36 heavy (non-hydrogen) atoms. The van der Waals surface area contributed by atoms with Gasteiger partial charge in [-0.2, -0.15) is 5.10 Å². The number of nitrogens with zero attached hydrogens (tertiary/aromatic N) is 4. The number of benzene rings is 2. The van der Waals surface area contributed by atoms with Gasteiger partial charge >= 0.3 is 6.03 Å². The molecule has 2 amide bonds. The number of carbonyl (C=O) groups excluding carboxylic acids is 1. The third kappa shape index (κ3) is 4.05. The molecular formula is C27H34FN5O3. The second kappa shape index (κ2) is 9.61. The van der Waals surface area contributed by atoms with Gasteiger partial charge in [0.1, 0.15) is 5.82 Å². The Bertz CT molecular complexity index is 1200. The molecule has 3 unspecified atom stereocenters. The maximum atomic E-state index is 15.2. The molecule has 9 heteroatoms. The minimum absolute atomic E-state index is 0.200. The van der Waals surface area contributed by atoms with E-state index in [9.17, 15) is 4.79 Å². The summed E-state index contributed by atoms with van der Waals surface area (Å²) in [6.45, 7) is 6.92. The van der Waals surface area contributed by atoms with Crippen molar-refractivity contribution in [3.8, 4) is 11.5 Å². The lowest BCUT2D eigenvalue weighted by Gasteiger charge is -2.35. The number of likely N-dealkylation sites (N-methyl/N-ethyl adjacent to an activating group) is 1. The molecule has 0 aliphatic carbocycles. The zero-order valence-corrected chi connectivity index (χ0v) is 21.5. The van der Waals surface area contributed by atoms with Crippen LogP contribution in [0.1, 0.15) is 37.0 Å². The van der Waals surface area contributed by atoms with Crippen LogP contribution in [0, 0.1) is 5.82 Å². The summed E-state index contributed by atoms with van der Waals surface area (Å²) in [5.41, 5.74) is 3.75. The molecule has 1 N–H and O–H groups in total. The average Bonchev–Trinajstić information content (AvgIpc) is 3.46. The van der Waals surface area contributed by atoms with E-state index in [1.165, 1.54) is 11.1 Å². The molecule has 5 rings (SSSR count). The van der Waals surface area contributed by atoms with E-state index in [1.54, 1.807) is 27.3 Å². The van der Waals surface area contributed by atoms with Gasteiger partial charge in [0.25, 0.3) is 0 Å². The van der Waals surface area contributed by atoms with Crippen molar-refractivity contribution < 1.29 is 18.7 Å². The Hall–Kier alpha value is -3.33. The molecule has 2 saturated heterocycles. The molecule has 3 aliphatic heterocycles. The quantitative estimate of drug-likeness (QED) is 0.688. The van der Waals surface area contributed by atoms with Crippen molar-refractivity contribution in [2.24, 2.45) is 5.10 Å². The average molecular weight is 496 g/mol. The molecule has 2 fully saturated rings. The SMILES string of the molecule is CCN1CC2CC1CN2c1cc(C2=NN(C(=O)NC)C(C)Cc3cc(OC)c(OC)cc32)ccc1F. The van der Waals surface area contributed by atoms with Crippen LogP contribution in [0.3, 0.4) is 0 Å². The highest BCUT2D eigenvalue weighted by Gasteiger charge is 2.43. The monoisotopic (exact) mass is 495 g/mol. The molecule has 0 radical (unpaired) electrons. The van der Waals surface area contributed by atoms with Gasteiger partial charge in [0.05, 0.1) is 31.7 Å². The van der Waals surface area contributed by atoms with Crippen molar-refractivity contribution in [2.45, 2.75) is 44.8 Å². The number of likely N-dealkylation sites (tertiary alicyclic amines) is 1. The van der Waals surface area contributed by atoms with Gasteiger partial charge in [-0.05, 0) is 62.2 Å². The maximum Gasteiger partial charge on any atom is 0.337 e. The van der Waals surface area contributed by atoms with Gasteiger partial charge in [-0.15, -0.1) is 0 Å². The first-order valence-corrected chi connectivity index (χ1v) is 12.5. The Balaban J connectivity index is 1.62. The van der Waals surface area contributed by atoms with E-state index in [0.29, 0.717) is 41.4 Å². The standard InChI is InChI=1S/C27H34FN5O3/c1-6-31-14-20-12-19(31)15-32(20)23-10-17(7-8-22(23)28)26-21-13-25(36-5)24(35-4)11-18(21)9-16(2)33(30-26)27(34)29-3/h7-8,10-11,13,16,19-20H,6,9,12,14-15H2,1-5H3,(H,29,34). The fraction of sp³-hybridized carbons (Fsp3) is 0.481. The Labute approximate surface area is 211 Å². The number of nitrogens with one attached hydrogen (secondary N) is 1. The summed E-state index contributed by atoms with van der Waals surface area (Å²) in [6.07, 6.45) is 1.63. The molecule has 192 valence electrons. The number of hydrazone groups is 1. The molecule has 0 aromatic heterocycles. The van der Waals surface area contributed by atoms with Crippen LogP contribution in [0.5, 0.6) is 11.5 Å². The highest BCUT2D eigenvalue weighted by molar-refractivity contribution is 6.15. The number of anilines is 1. The highest BCUT2D eigenvalue weighted by atomic mass is 19.1. The topological polar surface area (TPSA) is 69.6 Å². The van der Waals surface area contributed by atoms with Gasteiger partial charge < -0.3 is 19.7 Å². The van der Waals surface area contributed by atoms with Gasteiger partial charge in [0.2, 0.25) is 0 Å². The van der Waals surface area contributed by atoms with Crippen LogP contribution in [-0.4, -0.2) is 80.7 Å². The molecule has 2 bridgehead atoms. The van der Waals surface area contributed by atoms with Crippen LogP contribution in [0.2, 0.25) is 0 Å². The summed E-state index contributed by atoms with van der Waals surface area (Å²) in [7, 11) is 4.79. The smallest absolute Gasteiger partial charge is 0.337 e. The number of amides is 2. The number of carbonyl (C=O) groups is 1. The molecular weight excluding hydrogens is 461 g/mol. The Morgan fingerprint density at radius 2 is 1.89 bits per heavy atom. The Morgan fingerprint density at radius 3 is 2.53 bits per heavy atom. The predicted octanol–water partition coefficient (Wildman–Crippen LogP) is 3.46. The van der Waals surface area contributed by atoms with E-state index in [0.717, 1.165) is 42.7 Å². The third-order valence-electron chi connectivity index (χ3n) is 7.72. The number of rotatable bonds is 5. The van der Waals surface area contributed by atoms with Crippen LogP contribution < -0.4 is 19.7 Å². The molecule has 3 heterocycles. The van der Waals surface area contributed by atoms with Gasteiger partial charge in [-0.3, -0.25) is 4.90 Å². The molecule has 2 aromatic carbocycles. The lowest BCUT2D eigenvalue weighted by molar-refractivity contribution is 0.184. The summed E-state index contributed by atoms with van der Waals surface area (Å²) in [6, 6.07) is 9.22. The Morgan fingerprint density at radius 1 is 1.14 bits per heavy atom. The second-order valence-electron chi connectivity index (χ2n) is 9.72. The third-order valence-corrected chi connectivity index (χ3v) is 7.72. The first-order chi connectivity index (χ1) is 17.4. The number of ether oxygens (including phenoxy) is 2. The van der Waals surface area contributed by atoms with Crippen LogP contribution in [0.4, 0.5) is 14.9 Å². The Kier molecular flexibility index (Phi) is 6.51. The van der Waals surface area contributed by atoms with E-state index in [2.05, 4.69) is 22.0 Å². The normalized spacial score (nSPS) is 23.3.